The second-order valence-electron chi connectivity index (χ2n) is 7.16. The molecule has 0 aliphatic carbocycles. The van der Waals surface area contributed by atoms with E-state index >= 15 is 0 Å². The molecule has 1 saturated heterocycles. The monoisotopic (exact) mass is 508 g/mol. The van der Waals surface area contributed by atoms with Crippen LogP contribution in [0.15, 0.2) is 51.5 Å². The Morgan fingerprint density at radius 2 is 1.97 bits per heavy atom. The van der Waals surface area contributed by atoms with E-state index < -0.39 is 0 Å². The third kappa shape index (κ3) is 5.03. The Morgan fingerprint density at radius 3 is 2.70 bits per heavy atom. The predicted molar refractivity (Wildman–Crippen MR) is 121 cm³/mol. The van der Waals surface area contributed by atoms with Crippen LogP contribution >= 0.6 is 39.1 Å². The highest BCUT2D eigenvalue weighted by Crippen LogP contribution is 2.29. The summed E-state index contributed by atoms with van der Waals surface area (Å²) in [7, 11) is 0. The van der Waals surface area contributed by atoms with Gasteiger partial charge in [-0.3, -0.25) is 9.69 Å². The number of hydrogen-bond acceptors (Lipinski definition) is 5. The summed E-state index contributed by atoms with van der Waals surface area (Å²) < 4.78 is 6.27. The number of benzene rings is 2. The van der Waals surface area contributed by atoms with Crippen LogP contribution in [0.25, 0.3) is 11.4 Å². The van der Waals surface area contributed by atoms with Crippen molar-refractivity contribution in [1.29, 1.82) is 0 Å². The Balaban J connectivity index is 1.31. The quantitative estimate of drug-likeness (QED) is 0.480. The van der Waals surface area contributed by atoms with Gasteiger partial charge >= 0.3 is 0 Å². The van der Waals surface area contributed by atoms with E-state index in [1.54, 1.807) is 18.2 Å². The molecule has 0 unspecified atom stereocenters. The molecule has 0 bridgehead atoms. The zero-order valence-electron chi connectivity index (χ0n) is 15.9. The largest absolute Gasteiger partial charge is 0.338 e. The number of aromatic nitrogens is 2. The third-order valence-electron chi connectivity index (χ3n) is 5.09. The number of para-hydroxylation sites is 1. The molecule has 1 aliphatic heterocycles. The first-order valence-electron chi connectivity index (χ1n) is 9.55. The number of likely N-dealkylation sites (tertiary alicyclic amines) is 1. The maximum Gasteiger partial charge on any atom is 0.241 e. The zero-order valence-corrected chi connectivity index (χ0v) is 19.0. The fraction of sp³-hybridized carbons (Fsp3) is 0.286. The lowest BCUT2D eigenvalue weighted by Gasteiger charge is -2.30. The summed E-state index contributed by atoms with van der Waals surface area (Å²) in [6, 6.07) is 12.8. The molecule has 1 N–H and O–H groups in total. The van der Waals surface area contributed by atoms with E-state index in [1.807, 2.05) is 24.3 Å². The summed E-state index contributed by atoms with van der Waals surface area (Å²) in [5.74, 6) is 1.000. The lowest BCUT2D eigenvalue weighted by Crippen LogP contribution is -2.37. The molecule has 156 valence electrons. The van der Waals surface area contributed by atoms with Crippen LogP contribution < -0.4 is 5.32 Å². The smallest absolute Gasteiger partial charge is 0.241 e. The average Bonchev–Trinajstić information content (AvgIpc) is 3.18. The Morgan fingerprint density at radius 1 is 1.20 bits per heavy atom. The SMILES string of the molecule is O=C(Nc1ccccc1Br)C1CCN(Cc2nc(-c3ccc(Cl)cc3Cl)no2)CC1. The first kappa shape index (κ1) is 21.3. The molecule has 1 fully saturated rings. The van der Waals surface area contributed by atoms with Gasteiger partial charge in [-0.15, -0.1) is 0 Å². The zero-order chi connectivity index (χ0) is 21.1. The average molecular weight is 510 g/mol. The van der Waals surface area contributed by atoms with Crippen molar-refractivity contribution in [2.75, 3.05) is 18.4 Å². The number of nitrogens with one attached hydrogen (secondary N) is 1. The van der Waals surface area contributed by atoms with E-state index in [0.717, 1.165) is 36.1 Å². The molecule has 0 atom stereocenters. The molecule has 1 aromatic heterocycles. The van der Waals surface area contributed by atoms with Crippen LogP contribution in [0, 0.1) is 5.92 Å². The number of piperidine rings is 1. The van der Waals surface area contributed by atoms with Crippen molar-refractivity contribution in [1.82, 2.24) is 15.0 Å². The lowest BCUT2D eigenvalue weighted by atomic mass is 9.96. The molecule has 6 nitrogen and oxygen atoms in total. The van der Waals surface area contributed by atoms with Crippen molar-refractivity contribution in [2.24, 2.45) is 5.92 Å². The second-order valence-corrected chi connectivity index (χ2v) is 8.85. The Labute approximate surface area is 192 Å². The van der Waals surface area contributed by atoms with E-state index in [-0.39, 0.29) is 11.8 Å². The molecule has 0 spiro atoms. The maximum atomic E-state index is 12.6. The van der Waals surface area contributed by atoms with E-state index in [0.29, 0.717) is 33.9 Å². The van der Waals surface area contributed by atoms with Gasteiger partial charge in [-0.1, -0.05) is 40.5 Å². The first-order chi connectivity index (χ1) is 14.5. The van der Waals surface area contributed by atoms with Gasteiger partial charge in [-0.2, -0.15) is 4.98 Å². The number of carbonyl (C=O) groups is 1. The number of rotatable bonds is 5. The molecule has 0 radical (unpaired) electrons. The Hall–Kier alpha value is -1.93. The molecule has 0 saturated carbocycles. The molecule has 1 aliphatic rings. The summed E-state index contributed by atoms with van der Waals surface area (Å²) in [5, 5.41) is 8.07. The molecule has 4 rings (SSSR count). The lowest BCUT2D eigenvalue weighted by molar-refractivity contribution is -0.121. The highest BCUT2D eigenvalue weighted by atomic mass is 79.9. The number of hydrogen-bond donors (Lipinski definition) is 1. The molecule has 3 aromatic rings. The van der Waals surface area contributed by atoms with Crippen LogP contribution in [-0.2, 0) is 11.3 Å². The summed E-state index contributed by atoms with van der Waals surface area (Å²) in [6.07, 6.45) is 1.56. The maximum absolute atomic E-state index is 12.6. The van der Waals surface area contributed by atoms with Crippen LogP contribution in [0.1, 0.15) is 18.7 Å². The second kappa shape index (κ2) is 9.47. The van der Waals surface area contributed by atoms with Gasteiger partial charge in [-0.05, 0) is 72.2 Å². The standard InChI is InChI=1S/C21H19BrCl2N4O2/c22-16-3-1-2-4-18(16)25-21(29)13-7-9-28(10-8-13)12-19-26-20(27-30-19)15-6-5-14(23)11-17(15)24/h1-6,11,13H,7-10,12H2,(H,25,29). The van der Waals surface area contributed by atoms with Crippen molar-refractivity contribution in [3.8, 4) is 11.4 Å². The molecule has 9 heteroatoms. The minimum absolute atomic E-state index is 0.0144. The molecule has 2 aromatic carbocycles. The van der Waals surface area contributed by atoms with Crippen LogP contribution in [0.3, 0.4) is 0 Å². The predicted octanol–water partition coefficient (Wildman–Crippen LogP) is 5.66. The molecule has 1 amide bonds. The van der Waals surface area contributed by atoms with Crippen molar-refractivity contribution < 1.29 is 9.32 Å². The van der Waals surface area contributed by atoms with Gasteiger partial charge in [0, 0.05) is 21.0 Å². The van der Waals surface area contributed by atoms with Gasteiger partial charge in [-0.25, -0.2) is 0 Å². The summed E-state index contributed by atoms with van der Waals surface area (Å²) in [4.78, 5) is 19.3. The van der Waals surface area contributed by atoms with Gasteiger partial charge < -0.3 is 9.84 Å². The van der Waals surface area contributed by atoms with Gasteiger partial charge in [0.25, 0.3) is 0 Å². The number of carbonyl (C=O) groups excluding carboxylic acids is 1. The van der Waals surface area contributed by atoms with Gasteiger partial charge in [0.15, 0.2) is 0 Å². The number of anilines is 1. The van der Waals surface area contributed by atoms with Crippen LogP contribution in [-0.4, -0.2) is 34.0 Å². The van der Waals surface area contributed by atoms with Crippen molar-refractivity contribution in [3.05, 3.63) is 62.9 Å². The molecular formula is C21H19BrCl2N4O2. The topological polar surface area (TPSA) is 71.3 Å². The number of amides is 1. The first-order valence-corrected chi connectivity index (χ1v) is 11.1. The fourth-order valence-electron chi connectivity index (χ4n) is 3.44. The van der Waals surface area contributed by atoms with Crippen LogP contribution in [0.4, 0.5) is 5.69 Å². The van der Waals surface area contributed by atoms with E-state index in [2.05, 4.69) is 36.3 Å². The minimum atomic E-state index is -0.0144. The number of nitrogens with zero attached hydrogens (tertiary/aromatic N) is 3. The molecule has 2 heterocycles. The van der Waals surface area contributed by atoms with Gasteiger partial charge in [0.2, 0.25) is 17.6 Å². The van der Waals surface area contributed by atoms with E-state index in [1.165, 1.54) is 0 Å². The highest BCUT2D eigenvalue weighted by Gasteiger charge is 2.26. The highest BCUT2D eigenvalue weighted by molar-refractivity contribution is 9.10. The minimum Gasteiger partial charge on any atom is -0.338 e. The van der Waals surface area contributed by atoms with Gasteiger partial charge in [0.05, 0.1) is 17.3 Å². The number of halogens is 3. The van der Waals surface area contributed by atoms with Gasteiger partial charge in [0.1, 0.15) is 0 Å². The fourth-order valence-corrected chi connectivity index (χ4v) is 4.32. The Bertz CT molecular complexity index is 1050. The molecular weight excluding hydrogens is 491 g/mol. The van der Waals surface area contributed by atoms with Crippen LogP contribution in [0.5, 0.6) is 0 Å². The summed E-state index contributed by atoms with van der Waals surface area (Å²) in [5.41, 5.74) is 1.47. The van der Waals surface area contributed by atoms with E-state index in [9.17, 15) is 4.79 Å². The normalized spacial score (nSPS) is 15.3. The summed E-state index contributed by atoms with van der Waals surface area (Å²) >= 11 is 15.6. The van der Waals surface area contributed by atoms with Crippen LogP contribution in [0.2, 0.25) is 10.0 Å². The van der Waals surface area contributed by atoms with Crippen molar-refractivity contribution in [3.63, 3.8) is 0 Å². The third-order valence-corrected chi connectivity index (χ3v) is 6.33. The van der Waals surface area contributed by atoms with Crippen molar-refractivity contribution in [2.45, 2.75) is 19.4 Å². The van der Waals surface area contributed by atoms with E-state index in [4.69, 9.17) is 27.7 Å². The Kier molecular flexibility index (Phi) is 6.73. The molecule has 30 heavy (non-hydrogen) atoms. The van der Waals surface area contributed by atoms with Crippen molar-refractivity contribution >= 4 is 50.7 Å². The summed E-state index contributed by atoms with van der Waals surface area (Å²) in [6.45, 7) is 2.11.